The third-order valence-corrected chi connectivity index (χ3v) is 18.7. The molecular formula is C81H103ClN16O15. The predicted octanol–water partition coefficient (Wildman–Crippen LogP) is 2.48. The Kier molecular flexibility index (Phi) is 34.3. The van der Waals surface area contributed by atoms with Crippen molar-refractivity contribution in [3.8, 4) is 0 Å². The van der Waals surface area contributed by atoms with Crippen LogP contribution in [0.1, 0.15) is 122 Å². The molecule has 10 atom stereocenters. The first-order valence-corrected chi connectivity index (χ1v) is 38.0. The van der Waals surface area contributed by atoms with Gasteiger partial charge < -0.3 is 84.9 Å². The molecule has 14 amide bonds. The van der Waals surface area contributed by atoms with Crippen LogP contribution < -0.4 is 74.9 Å². The van der Waals surface area contributed by atoms with Crippen LogP contribution in [0.4, 0.5) is 11.4 Å². The Balaban J connectivity index is 1.21. The number of unbranched alkanes of at least 4 members (excludes halogenated alkanes) is 1. The molecule has 0 spiro atoms. The standard InChI is InChI=1S/C81H103ClN16O15/c1-46(2)37-63(73(105)90-62(18-11-12-35-85-47(3)4)81(113)98-36-14-19-69(98)79(111)86-48(5)71(83)104)91-75(107)66(40-53-23-30-60(31-24-53)87-49(6)100)93-77(109)67(41-54-25-32-61(33-26-54)88-50(7)101)95-80(112)72(96-70(103)45-99)97-78(110)68(43-56-15-13-34-84-44-56)94-76(108)65(39-52-21-28-59(82)29-22-52)92-74(106)64(89-51(8)102)42-55-20-27-57-16-9-10-17-58(57)38-55/h9-10,13,15-17,20-34,38,44,46-48,62-69,72,85,99H,11-12,14,18-19,35-37,39-43,45H2,1-8H3,(H2,83,104)(H,86,111)(H,87,100)(H,88,101)(H,89,102)(H,90,105)(H,91,107)(H,92,106)(H,93,109)(H,94,108)(H,95,112)(H,96,103)(H,97,110)/t48-,62+,63+,64-,65-,66-,67+,68-,69-,72+/m1/s1. The van der Waals surface area contributed by atoms with E-state index < -0.39 is 150 Å². The van der Waals surface area contributed by atoms with Gasteiger partial charge in [-0.3, -0.25) is 72.1 Å². The first-order chi connectivity index (χ1) is 53.8. The summed E-state index contributed by atoms with van der Waals surface area (Å²) < 4.78 is 0. The van der Waals surface area contributed by atoms with Gasteiger partial charge in [-0.05, 0) is 139 Å². The van der Waals surface area contributed by atoms with Crippen LogP contribution >= 0.6 is 11.6 Å². The number of benzene rings is 5. The van der Waals surface area contributed by atoms with E-state index in [-0.39, 0.29) is 69.4 Å². The lowest BCUT2D eigenvalue weighted by Gasteiger charge is -2.31. The number of hydrogen-bond acceptors (Lipinski definition) is 17. The Labute approximate surface area is 661 Å². The van der Waals surface area contributed by atoms with E-state index in [4.69, 9.17) is 17.3 Å². The van der Waals surface area contributed by atoms with Gasteiger partial charge in [0.15, 0.2) is 6.17 Å². The number of pyridine rings is 1. The molecular weight excluding hydrogens is 1470 g/mol. The Bertz CT molecular complexity index is 4320. The number of nitrogens with two attached hydrogens (primary N) is 1. The highest BCUT2D eigenvalue weighted by Crippen LogP contribution is 2.23. The summed E-state index contributed by atoms with van der Waals surface area (Å²) in [6, 6.07) is 22.8. The van der Waals surface area contributed by atoms with Gasteiger partial charge in [0.2, 0.25) is 76.8 Å². The summed E-state index contributed by atoms with van der Waals surface area (Å²) in [7, 11) is 0. The average Bonchev–Trinajstić information content (AvgIpc) is 1.76. The number of halogens is 1. The Hall–Kier alpha value is -11.7. The van der Waals surface area contributed by atoms with Gasteiger partial charge in [0, 0.05) is 94.3 Å². The van der Waals surface area contributed by atoms with E-state index in [0.717, 1.165) is 10.8 Å². The number of carbonyl (C=O) groups excluding carboxylic acids is 14. The van der Waals surface area contributed by atoms with Gasteiger partial charge in [-0.2, -0.15) is 0 Å². The number of aromatic nitrogens is 1. The van der Waals surface area contributed by atoms with Crippen molar-refractivity contribution in [2.24, 2.45) is 11.7 Å². The summed E-state index contributed by atoms with van der Waals surface area (Å²) in [6.07, 6.45) is 1.29. The fourth-order valence-corrected chi connectivity index (χ4v) is 12.9. The SMILES string of the molecule is CC(=O)Nc1ccc(C[C@H](NC(=O)[C@@H](NC(=O)CO)NC(=O)[C@@H](Cc2cccnc2)NC(=O)[C@@H](Cc2ccc(Cl)cc2)NC(=O)[C@@H](Cc2ccc3ccccc3c2)NC(C)=O)C(=O)N[C@H](Cc2ccc(NC(C)=O)cc2)C(=O)N[C@@H](CC(C)C)C(=O)N[C@@H](CCCCNC(C)C)C(=O)N2CCC[C@@H]2C(=O)N[C@H](C)C(N)=O)cc1. The molecule has 6 aromatic rings. The van der Waals surface area contributed by atoms with Crippen molar-refractivity contribution >= 4 is 116 Å². The maximum atomic E-state index is 15.4. The van der Waals surface area contributed by atoms with Crippen molar-refractivity contribution in [1.82, 2.24) is 68.4 Å². The number of carbonyl (C=O) groups is 14. The second-order valence-corrected chi connectivity index (χ2v) is 29.2. The van der Waals surface area contributed by atoms with Crippen LogP contribution in [0.25, 0.3) is 10.8 Å². The maximum Gasteiger partial charge on any atom is 0.264 e. The zero-order valence-electron chi connectivity index (χ0n) is 64.6. The van der Waals surface area contributed by atoms with Gasteiger partial charge >= 0.3 is 0 Å². The van der Waals surface area contributed by atoms with Gasteiger partial charge in [-0.1, -0.05) is 124 Å². The molecule has 1 aromatic heterocycles. The van der Waals surface area contributed by atoms with Gasteiger partial charge in [0.25, 0.3) is 5.91 Å². The number of anilines is 2. The Morgan fingerprint density at radius 2 is 0.965 bits per heavy atom. The summed E-state index contributed by atoms with van der Waals surface area (Å²) in [4.78, 5) is 202. The predicted molar refractivity (Wildman–Crippen MR) is 424 cm³/mol. The summed E-state index contributed by atoms with van der Waals surface area (Å²) in [5, 5.41) is 47.4. The normalized spacial score (nSPS) is 14.9. The molecule has 0 aliphatic carbocycles. The molecule has 1 fully saturated rings. The van der Waals surface area contributed by atoms with Crippen molar-refractivity contribution in [2.75, 3.05) is 30.3 Å². The zero-order valence-corrected chi connectivity index (χ0v) is 65.4. The van der Waals surface area contributed by atoms with Crippen LogP contribution in [0.15, 0.2) is 140 Å². The fourth-order valence-electron chi connectivity index (χ4n) is 12.8. The van der Waals surface area contributed by atoms with Gasteiger partial charge in [-0.25, -0.2) is 0 Å². The number of hydrogen-bond donors (Lipinski definition) is 15. The molecule has 2 heterocycles. The van der Waals surface area contributed by atoms with Crippen LogP contribution in [0, 0.1) is 5.92 Å². The van der Waals surface area contributed by atoms with E-state index in [1.54, 1.807) is 74.5 Å². The number of nitrogens with zero attached hydrogens (tertiary/aromatic N) is 2. The molecule has 31 nitrogen and oxygen atoms in total. The highest BCUT2D eigenvalue weighted by molar-refractivity contribution is 6.30. The molecule has 604 valence electrons. The van der Waals surface area contributed by atoms with Crippen LogP contribution in [0.5, 0.6) is 0 Å². The van der Waals surface area contributed by atoms with E-state index in [1.807, 2.05) is 56.3 Å². The maximum absolute atomic E-state index is 15.4. The Morgan fingerprint density at radius 1 is 0.496 bits per heavy atom. The lowest BCUT2D eigenvalue weighted by Crippen LogP contribution is -2.64. The van der Waals surface area contributed by atoms with Gasteiger partial charge in [-0.15, -0.1) is 0 Å². The van der Waals surface area contributed by atoms with Crippen LogP contribution in [-0.2, 0) is 99.2 Å². The second-order valence-electron chi connectivity index (χ2n) is 28.8. The third-order valence-electron chi connectivity index (χ3n) is 18.5. The summed E-state index contributed by atoms with van der Waals surface area (Å²) >= 11 is 6.27. The molecule has 0 unspecified atom stereocenters. The van der Waals surface area contributed by atoms with Crippen molar-refractivity contribution in [2.45, 2.75) is 193 Å². The van der Waals surface area contributed by atoms with Gasteiger partial charge in [0.1, 0.15) is 61.0 Å². The minimum atomic E-state index is -2.17. The summed E-state index contributed by atoms with van der Waals surface area (Å²) in [5.41, 5.74) is 8.53. The second kappa shape index (κ2) is 43.8. The van der Waals surface area contributed by atoms with E-state index in [1.165, 1.54) is 69.3 Å². The highest BCUT2D eigenvalue weighted by atomic mass is 35.5. The number of likely N-dealkylation sites (tertiary alicyclic amines) is 1. The summed E-state index contributed by atoms with van der Waals surface area (Å²) in [5.74, 6) is -11.7. The third kappa shape index (κ3) is 29.2. The number of aliphatic hydroxyl groups excluding tert-OH is 1. The van der Waals surface area contributed by atoms with E-state index >= 15 is 24.0 Å². The molecule has 16 N–H and O–H groups in total. The van der Waals surface area contributed by atoms with E-state index in [2.05, 4.69) is 74.1 Å². The number of amides is 14. The molecule has 32 heteroatoms. The smallest absolute Gasteiger partial charge is 0.264 e. The Morgan fingerprint density at radius 3 is 1.46 bits per heavy atom. The molecule has 5 aromatic carbocycles. The minimum Gasteiger partial charge on any atom is -0.387 e. The fraction of sp³-hybridized carbons (Fsp3) is 0.420. The average molecular weight is 1580 g/mol. The van der Waals surface area contributed by atoms with Crippen LogP contribution in [0.2, 0.25) is 5.02 Å². The number of primary amides is 1. The van der Waals surface area contributed by atoms with Crippen molar-refractivity contribution in [1.29, 1.82) is 0 Å². The van der Waals surface area contributed by atoms with Crippen molar-refractivity contribution in [3.63, 3.8) is 0 Å². The zero-order chi connectivity index (χ0) is 82.4. The first kappa shape index (κ1) is 88.5. The molecule has 7 rings (SSSR count). The molecule has 1 saturated heterocycles. The molecule has 0 saturated carbocycles. The number of rotatable bonds is 41. The molecule has 113 heavy (non-hydrogen) atoms. The number of fused-ring (bicyclic) bond motifs is 1. The van der Waals surface area contributed by atoms with Gasteiger partial charge in [0.05, 0.1) is 0 Å². The van der Waals surface area contributed by atoms with Crippen LogP contribution in [-0.4, -0.2) is 184 Å². The molecule has 0 radical (unpaired) electrons. The van der Waals surface area contributed by atoms with E-state index in [0.29, 0.717) is 70.0 Å². The number of aliphatic hydroxyl groups is 1. The largest absolute Gasteiger partial charge is 0.387 e. The minimum absolute atomic E-state index is 0.00177. The van der Waals surface area contributed by atoms with E-state index in [9.17, 15) is 48.3 Å². The monoisotopic (exact) mass is 1570 g/mol. The quantitative estimate of drug-likeness (QED) is 0.0194. The highest BCUT2D eigenvalue weighted by Gasteiger charge is 2.41. The first-order valence-electron chi connectivity index (χ1n) is 37.6. The molecule has 0 bridgehead atoms. The lowest BCUT2D eigenvalue weighted by molar-refractivity contribution is -0.142. The van der Waals surface area contributed by atoms with Crippen molar-refractivity contribution in [3.05, 3.63) is 173 Å². The summed E-state index contributed by atoms with van der Waals surface area (Å²) in [6.45, 7) is 12.3. The molecule has 1 aliphatic rings. The topological polar surface area (TPSA) is 458 Å². The van der Waals surface area contributed by atoms with Crippen LogP contribution in [0.3, 0.4) is 0 Å². The lowest BCUT2D eigenvalue weighted by atomic mass is 9.99. The van der Waals surface area contributed by atoms with Crippen molar-refractivity contribution < 1.29 is 72.2 Å². The number of nitrogens with one attached hydrogen (secondary N) is 13. The molecule has 1 aliphatic heterocycles.